The third-order valence-electron chi connectivity index (χ3n) is 5.45. The molecule has 2 aromatic heterocycles. The Kier molecular flexibility index (Phi) is 6.66. The Morgan fingerprint density at radius 2 is 2.16 bits per heavy atom. The molecule has 1 aromatic carbocycles. The SMILES string of the molecule is CCN(CCCc1noc(-c2ccnc(C3CCOC3)c2)n1)C(=O)c1ccccc1F. The number of hydrogen-bond acceptors (Lipinski definition) is 6. The lowest BCUT2D eigenvalue weighted by atomic mass is 10.0. The van der Waals surface area contributed by atoms with Crippen molar-refractivity contribution in [3.05, 3.63) is 65.5 Å². The van der Waals surface area contributed by atoms with Crippen LogP contribution < -0.4 is 0 Å². The lowest BCUT2D eigenvalue weighted by Crippen LogP contribution is -2.32. The molecule has 0 bridgehead atoms. The minimum Gasteiger partial charge on any atom is -0.381 e. The third kappa shape index (κ3) is 4.96. The average molecular weight is 424 g/mol. The van der Waals surface area contributed by atoms with E-state index in [2.05, 4.69) is 15.1 Å². The number of rotatable bonds is 8. The standard InChI is InChI=1S/C23H25FN4O3/c1-2-28(23(29)18-6-3-4-7-19(18)24)12-5-8-21-26-22(31-27-21)16-9-11-25-20(14-16)17-10-13-30-15-17/h3-4,6-7,9,11,14,17H,2,5,8,10,12-13,15H2,1H3. The first-order valence-corrected chi connectivity index (χ1v) is 10.6. The molecule has 3 heterocycles. The van der Waals surface area contributed by atoms with Gasteiger partial charge in [-0.3, -0.25) is 9.78 Å². The zero-order valence-electron chi connectivity index (χ0n) is 17.5. The monoisotopic (exact) mass is 424 g/mol. The summed E-state index contributed by atoms with van der Waals surface area (Å²) in [6, 6.07) is 9.86. The Labute approximate surface area is 180 Å². The fourth-order valence-corrected chi connectivity index (χ4v) is 3.68. The van der Waals surface area contributed by atoms with Crippen LogP contribution in [0.25, 0.3) is 11.5 Å². The molecule has 162 valence electrons. The highest BCUT2D eigenvalue weighted by atomic mass is 19.1. The van der Waals surface area contributed by atoms with Crippen molar-refractivity contribution in [2.24, 2.45) is 0 Å². The molecule has 1 amide bonds. The first kappa shape index (κ1) is 21.1. The van der Waals surface area contributed by atoms with E-state index in [4.69, 9.17) is 9.26 Å². The summed E-state index contributed by atoms with van der Waals surface area (Å²) in [5.74, 6) is 0.512. The molecule has 8 heteroatoms. The largest absolute Gasteiger partial charge is 0.381 e. The number of ether oxygens (including phenoxy) is 1. The van der Waals surface area contributed by atoms with Gasteiger partial charge >= 0.3 is 0 Å². The number of halogens is 1. The minimum absolute atomic E-state index is 0.0901. The first-order valence-electron chi connectivity index (χ1n) is 10.6. The maximum Gasteiger partial charge on any atom is 0.258 e. The van der Waals surface area contributed by atoms with Gasteiger partial charge in [0.05, 0.1) is 12.2 Å². The van der Waals surface area contributed by atoms with Crippen LogP contribution in [-0.4, -0.2) is 52.2 Å². The van der Waals surface area contributed by atoms with E-state index in [1.807, 2.05) is 19.1 Å². The van der Waals surface area contributed by atoms with E-state index in [1.165, 1.54) is 12.1 Å². The summed E-state index contributed by atoms with van der Waals surface area (Å²) in [4.78, 5) is 23.1. The van der Waals surface area contributed by atoms with Crippen molar-refractivity contribution >= 4 is 5.91 Å². The number of carbonyl (C=O) groups excluding carboxylic acids is 1. The normalized spacial score (nSPS) is 15.9. The lowest BCUT2D eigenvalue weighted by Gasteiger charge is -2.20. The van der Waals surface area contributed by atoms with E-state index < -0.39 is 5.82 Å². The predicted molar refractivity (Wildman–Crippen MR) is 112 cm³/mol. The fourth-order valence-electron chi connectivity index (χ4n) is 3.68. The highest BCUT2D eigenvalue weighted by molar-refractivity contribution is 5.94. The summed E-state index contributed by atoms with van der Waals surface area (Å²) in [5, 5.41) is 4.06. The van der Waals surface area contributed by atoms with E-state index in [-0.39, 0.29) is 11.5 Å². The Morgan fingerprint density at radius 3 is 2.94 bits per heavy atom. The second-order valence-electron chi connectivity index (χ2n) is 7.51. The molecule has 31 heavy (non-hydrogen) atoms. The molecule has 0 aliphatic carbocycles. The van der Waals surface area contributed by atoms with Crippen molar-refractivity contribution in [2.75, 3.05) is 26.3 Å². The molecule has 3 aromatic rings. The second-order valence-corrected chi connectivity index (χ2v) is 7.51. The maximum atomic E-state index is 13.9. The summed E-state index contributed by atoms with van der Waals surface area (Å²) < 4.78 is 24.8. The molecule has 1 aliphatic rings. The van der Waals surface area contributed by atoms with Gasteiger partial charge < -0.3 is 14.2 Å². The smallest absolute Gasteiger partial charge is 0.258 e. The number of benzene rings is 1. The average Bonchev–Trinajstić information content (AvgIpc) is 3.49. The molecular formula is C23H25FN4O3. The Morgan fingerprint density at radius 1 is 1.29 bits per heavy atom. The van der Waals surface area contributed by atoms with Crippen LogP contribution in [0.15, 0.2) is 47.1 Å². The summed E-state index contributed by atoms with van der Waals surface area (Å²) >= 11 is 0. The van der Waals surface area contributed by atoms with E-state index in [1.54, 1.807) is 23.2 Å². The summed E-state index contributed by atoms with van der Waals surface area (Å²) in [5.41, 5.74) is 1.90. The zero-order chi connectivity index (χ0) is 21.6. The van der Waals surface area contributed by atoms with E-state index >= 15 is 0 Å². The van der Waals surface area contributed by atoms with Gasteiger partial charge in [-0.05, 0) is 44.0 Å². The highest BCUT2D eigenvalue weighted by Gasteiger charge is 2.21. The number of pyridine rings is 1. The third-order valence-corrected chi connectivity index (χ3v) is 5.45. The molecule has 1 fully saturated rings. The van der Waals surface area contributed by atoms with Gasteiger partial charge in [0.25, 0.3) is 11.8 Å². The molecule has 1 aliphatic heterocycles. The van der Waals surface area contributed by atoms with Crippen LogP contribution in [0, 0.1) is 5.82 Å². The van der Waals surface area contributed by atoms with Gasteiger partial charge in [0, 0.05) is 49.5 Å². The van der Waals surface area contributed by atoms with Crippen LogP contribution in [0.5, 0.6) is 0 Å². The number of aryl methyl sites for hydroxylation is 1. The Bertz CT molecular complexity index is 1030. The molecule has 7 nitrogen and oxygen atoms in total. The van der Waals surface area contributed by atoms with E-state index in [9.17, 15) is 9.18 Å². The second kappa shape index (κ2) is 9.78. The van der Waals surface area contributed by atoms with Crippen LogP contribution in [0.2, 0.25) is 0 Å². The van der Waals surface area contributed by atoms with Crippen molar-refractivity contribution < 1.29 is 18.4 Å². The Balaban J connectivity index is 1.35. The van der Waals surface area contributed by atoms with Gasteiger partial charge in [-0.15, -0.1) is 0 Å². The quantitative estimate of drug-likeness (QED) is 0.546. The van der Waals surface area contributed by atoms with Crippen molar-refractivity contribution in [2.45, 2.75) is 32.1 Å². The lowest BCUT2D eigenvalue weighted by molar-refractivity contribution is 0.0757. The predicted octanol–water partition coefficient (Wildman–Crippen LogP) is 3.87. The number of carbonyl (C=O) groups is 1. The molecule has 4 rings (SSSR count). The number of amides is 1. The number of hydrogen-bond donors (Lipinski definition) is 0. The van der Waals surface area contributed by atoms with Gasteiger partial charge in [0.15, 0.2) is 5.82 Å². The van der Waals surface area contributed by atoms with Crippen molar-refractivity contribution in [1.29, 1.82) is 0 Å². The molecule has 1 unspecified atom stereocenters. The summed E-state index contributed by atoms with van der Waals surface area (Å²) in [6.45, 7) is 4.30. The van der Waals surface area contributed by atoms with Gasteiger partial charge in [-0.25, -0.2) is 4.39 Å². The topological polar surface area (TPSA) is 81.3 Å². The van der Waals surface area contributed by atoms with E-state index in [0.717, 1.165) is 24.3 Å². The first-order chi connectivity index (χ1) is 15.2. The summed E-state index contributed by atoms with van der Waals surface area (Å²) in [6.07, 6.45) is 3.92. The molecule has 0 spiro atoms. The van der Waals surface area contributed by atoms with Crippen molar-refractivity contribution in [3.63, 3.8) is 0 Å². The molecule has 0 saturated carbocycles. The molecule has 1 saturated heterocycles. The fraction of sp³-hybridized carbons (Fsp3) is 0.391. The Hall–Kier alpha value is -3.13. The minimum atomic E-state index is -0.505. The summed E-state index contributed by atoms with van der Waals surface area (Å²) in [7, 11) is 0. The molecular weight excluding hydrogens is 399 g/mol. The van der Waals surface area contributed by atoms with Crippen molar-refractivity contribution in [3.8, 4) is 11.5 Å². The van der Waals surface area contributed by atoms with Gasteiger partial charge in [-0.2, -0.15) is 4.98 Å². The zero-order valence-corrected chi connectivity index (χ0v) is 17.5. The van der Waals surface area contributed by atoms with Crippen molar-refractivity contribution in [1.82, 2.24) is 20.0 Å². The van der Waals surface area contributed by atoms with Gasteiger partial charge in [0.1, 0.15) is 5.82 Å². The molecule has 0 radical (unpaired) electrons. The van der Waals surface area contributed by atoms with Crippen LogP contribution in [-0.2, 0) is 11.2 Å². The highest BCUT2D eigenvalue weighted by Crippen LogP contribution is 2.26. The van der Waals surface area contributed by atoms with E-state index in [0.29, 0.717) is 50.2 Å². The number of nitrogens with zero attached hydrogens (tertiary/aromatic N) is 4. The van der Waals surface area contributed by atoms with Gasteiger partial charge in [0.2, 0.25) is 0 Å². The van der Waals surface area contributed by atoms with Crippen LogP contribution in [0.1, 0.15) is 47.6 Å². The maximum absolute atomic E-state index is 13.9. The van der Waals surface area contributed by atoms with Crippen LogP contribution in [0.3, 0.4) is 0 Å². The molecule has 1 atom stereocenters. The number of aromatic nitrogens is 3. The molecule has 0 N–H and O–H groups in total. The van der Waals surface area contributed by atoms with Gasteiger partial charge in [-0.1, -0.05) is 17.3 Å². The van der Waals surface area contributed by atoms with Crippen LogP contribution >= 0.6 is 0 Å². The van der Waals surface area contributed by atoms with Crippen LogP contribution in [0.4, 0.5) is 4.39 Å².